The van der Waals surface area contributed by atoms with Gasteiger partial charge in [-0.25, -0.2) is 4.98 Å². The van der Waals surface area contributed by atoms with Gasteiger partial charge < -0.3 is 11.1 Å². The Labute approximate surface area is 103 Å². The highest BCUT2D eigenvalue weighted by atomic mass is 19.4. The second-order valence-corrected chi connectivity index (χ2v) is 4.31. The van der Waals surface area contributed by atoms with Crippen LogP contribution in [-0.2, 0) is 12.6 Å². The molecule has 0 saturated carbocycles. The predicted molar refractivity (Wildman–Crippen MR) is 61.3 cm³/mol. The normalized spacial score (nSPS) is 19.5. The second-order valence-electron chi connectivity index (χ2n) is 4.31. The van der Waals surface area contributed by atoms with Crippen LogP contribution in [-0.4, -0.2) is 11.5 Å². The maximum Gasteiger partial charge on any atom is 0.433 e. The third-order valence-electron chi connectivity index (χ3n) is 2.85. The van der Waals surface area contributed by atoms with Crippen LogP contribution in [0.4, 0.5) is 13.2 Å². The maximum absolute atomic E-state index is 12.5. The van der Waals surface area contributed by atoms with Gasteiger partial charge in [0.2, 0.25) is 0 Å². The Bertz CT molecular complexity index is 454. The van der Waals surface area contributed by atoms with Crippen molar-refractivity contribution >= 4 is 0 Å². The summed E-state index contributed by atoms with van der Waals surface area (Å²) in [6.45, 7) is 0.741. The zero-order valence-electron chi connectivity index (χ0n) is 9.67. The van der Waals surface area contributed by atoms with E-state index in [4.69, 9.17) is 5.73 Å². The number of alkyl halides is 3. The minimum atomic E-state index is -4.38. The largest absolute Gasteiger partial charge is 0.433 e. The number of aromatic nitrogens is 1. The van der Waals surface area contributed by atoms with Crippen molar-refractivity contribution < 1.29 is 13.2 Å². The summed E-state index contributed by atoms with van der Waals surface area (Å²) in [4.78, 5) is 3.63. The van der Waals surface area contributed by atoms with Crippen molar-refractivity contribution in [2.75, 3.05) is 6.54 Å². The fourth-order valence-electron chi connectivity index (χ4n) is 1.92. The lowest BCUT2D eigenvalue weighted by Gasteiger charge is -2.09. The average Bonchev–Trinajstić information content (AvgIpc) is 2.72. The molecule has 2 heterocycles. The molecule has 1 aromatic heterocycles. The molecule has 0 aliphatic carbocycles. The lowest BCUT2D eigenvalue weighted by molar-refractivity contribution is -0.141. The molecule has 1 aliphatic rings. The van der Waals surface area contributed by atoms with Gasteiger partial charge in [0.05, 0.1) is 5.82 Å². The predicted octanol–water partition coefficient (Wildman–Crippen LogP) is 2.05. The molecular formula is C12H14F3N3. The zero-order valence-corrected chi connectivity index (χ0v) is 9.67. The average molecular weight is 257 g/mol. The summed E-state index contributed by atoms with van der Waals surface area (Å²) in [5.74, 6) is 0.901. The first-order valence-electron chi connectivity index (χ1n) is 5.69. The lowest BCUT2D eigenvalue weighted by atomic mass is 10.0. The van der Waals surface area contributed by atoms with Gasteiger partial charge in [-0.05, 0) is 37.0 Å². The molecule has 0 spiro atoms. The second kappa shape index (κ2) is 4.88. The van der Waals surface area contributed by atoms with Crippen LogP contribution in [0.25, 0.3) is 0 Å². The van der Waals surface area contributed by atoms with E-state index in [1.807, 2.05) is 6.08 Å². The Morgan fingerprint density at radius 1 is 1.39 bits per heavy atom. The van der Waals surface area contributed by atoms with E-state index in [0.717, 1.165) is 19.0 Å². The number of rotatable bonds is 3. The molecule has 1 aliphatic heterocycles. The molecule has 3 nitrogen and oxygen atoms in total. The number of nitrogens with zero attached hydrogens (tertiary/aromatic N) is 1. The minimum Gasteiger partial charge on any atom is -0.386 e. The van der Waals surface area contributed by atoms with Crippen molar-refractivity contribution in [1.29, 1.82) is 0 Å². The van der Waals surface area contributed by atoms with Gasteiger partial charge in [0.15, 0.2) is 0 Å². The van der Waals surface area contributed by atoms with Gasteiger partial charge in [0.25, 0.3) is 0 Å². The van der Waals surface area contributed by atoms with Gasteiger partial charge in [0, 0.05) is 12.2 Å². The van der Waals surface area contributed by atoms with Crippen LogP contribution >= 0.6 is 0 Å². The molecule has 0 saturated heterocycles. The molecule has 3 N–H and O–H groups in total. The quantitative estimate of drug-likeness (QED) is 0.871. The van der Waals surface area contributed by atoms with Crippen LogP contribution in [0.15, 0.2) is 30.1 Å². The fraction of sp³-hybridized carbons (Fsp3) is 0.417. The summed E-state index contributed by atoms with van der Waals surface area (Å²) >= 11 is 0. The highest BCUT2D eigenvalue weighted by molar-refractivity contribution is 5.14. The zero-order chi connectivity index (χ0) is 13.2. The first-order chi connectivity index (χ1) is 8.45. The SMILES string of the molecule is NC1=C[C@H](CCc2cccc(C(F)(F)F)n2)CN1. The summed E-state index contributed by atoms with van der Waals surface area (Å²) < 4.78 is 37.4. The number of hydrogen-bond donors (Lipinski definition) is 2. The maximum atomic E-state index is 12.5. The number of aryl methyl sites for hydroxylation is 1. The van der Waals surface area contributed by atoms with E-state index in [9.17, 15) is 13.2 Å². The van der Waals surface area contributed by atoms with Gasteiger partial charge in [-0.15, -0.1) is 0 Å². The summed E-state index contributed by atoms with van der Waals surface area (Å²) in [7, 11) is 0. The third kappa shape index (κ3) is 3.15. The number of hydrogen-bond acceptors (Lipinski definition) is 3. The van der Waals surface area contributed by atoms with Gasteiger partial charge in [0.1, 0.15) is 5.69 Å². The van der Waals surface area contributed by atoms with Crippen LogP contribution in [0.3, 0.4) is 0 Å². The summed E-state index contributed by atoms with van der Waals surface area (Å²) in [5, 5.41) is 2.98. The molecule has 1 aromatic rings. The highest BCUT2D eigenvalue weighted by Crippen LogP contribution is 2.27. The fourth-order valence-corrected chi connectivity index (χ4v) is 1.92. The van der Waals surface area contributed by atoms with Crippen molar-refractivity contribution in [3.63, 3.8) is 0 Å². The van der Waals surface area contributed by atoms with Crippen molar-refractivity contribution in [3.8, 4) is 0 Å². The molecule has 18 heavy (non-hydrogen) atoms. The smallest absolute Gasteiger partial charge is 0.386 e. The summed E-state index contributed by atoms with van der Waals surface area (Å²) in [6, 6.07) is 3.99. The highest BCUT2D eigenvalue weighted by Gasteiger charge is 2.32. The van der Waals surface area contributed by atoms with E-state index in [0.29, 0.717) is 17.9 Å². The molecule has 2 rings (SSSR count). The van der Waals surface area contributed by atoms with Crippen molar-refractivity contribution in [2.24, 2.45) is 11.7 Å². The Morgan fingerprint density at radius 2 is 2.17 bits per heavy atom. The third-order valence-corrected chi connectivity index (χ3v) is 2.85. The van der Waals surface area contributed by atoms with Gasteiger partial charge in [-0.1, -0.05) is 6.07 Å². The van der Waals surface area contributed by atoms with Crippen LogP contribution in [0, 0.1) is 5.92 Å². The van der Waals surface area contributed by atoms with Gasteiger partial charge >= 0.3 is 6.18 Å². The Balaban J connectivity index is 1.98. The number of pyridine rings is 1. The van der Waals surface area contributed by atoms with Crippen LogP contribution in [0.2, 0.25) is 0 Å². The number of halogens is 3. The van der Waals surface area contributed by atoms with E-state index >= 15 is 0 Å². The number of nitrogens with one attached hydrogen (secondary N) is 1. The topological polar surface area (TPSA) is 50.9 Å². The molecule has 0 fully saturated rings. The number of nitrogens with two attached hydrogens (primary N) is 1. The molecule has 0 aromatic carbocycles. The molecule has 6 heteroatoms. The van der Waals surface area contributed by atoms with E-state index in [1.54, 1.807) is 6.07 Å². The standard InChI is InChI=1S/C12H14F3N3/c13-12(14,15)10-3-1-2-9(18-10)5-4-8-6-11(16)17-7-8/h1-3,6,8,17H,4-5,7,16H2/t8-/m0/s1. The molecule has 0 bridgehead atoms. The molecule has 0 radical (unpaired) electrons. The van der Waals surface area contributed by atoms with Crippen LogP contribution < -0.4 is 11.1 Å². The Hall–Kier alpha value is -1.72. The van der Waals surface area contributed by atoms with Gasteiger partial charge in [-0.2, -0.15) is 13.2 Å². The molecule has 0 unspecified atom stereocenters. The van der Waals surface area contributed by atoms with Gasteiger partial charge in [-0.3, -0.25) is 0 Å². The Morgan fingerprint density at radius 3 is 2.78 bits per heavy atom. The van der Waals surface area contributed by atoms with Crippen LogP contribution in [0.1, 0.15) is 17.8 Å². The van der Waals surface area contributed by atoms with Crippen molar-refractivity contribution in [2.45, 2.75) is 19.0 Å². The van der Waals surface area contributed by atoms with Crippen LogP contribution in [0.5, 0.6) is 0 Å². The monoisotopic (exact) mass is 257 g/mol. The molecule has 1 atom stereocenters. The molecule has 98 valence electrons. The van der Waals surface area contributed by atoms with Crippen molar-refractivity contribution in [3.05, 3.63) is 41.5 Å². The van der Waals surface area contributed by atoms with E-state index in [1.165, 1.54) is 6.07 Å². The summed E-state index contributed by atoms with van der Waals surface area (Å²) in [6.07, 6.45) is -1.23. The molecular weight excluding hydrogens is 243 g/mol. The minimum absolute atomic E-state index is 0.265. The lowest BCUT2D eigenvalue weighted by Crippen LogP contribution is -2.16. The van der Waals surface area contributed by atoms with E-state index in [2.05, 4.69) is 10.3 Å². The molecule has 0 amide bonds. The first kappa shape index (κ1) is 12.7. The Kier molecular flexibility index (Phi) is 3.45. The van der Waals surface area contributed by atoms with Crippen molar-refractivity contribution in [1.82, 2.24) is 10.3 Å². The summed E-state index contributed by atoms with van der Waals surface area (Å²) in [5.41, 5.74) is 5.19. The first-order valence-corrected chi connectivity index (χ1v) is 5.69. The van der Waals surface area contributed by atoms with E-state index in [-0.39, 0.29) is 5.92 Å². The van der Waals surface area contributed by atoms with E-state index < -0.39 is 11.9 Å².